The SMILES string of the molecule is Brc1ccc(CNCCc2ncon2)s1. The predicted molar refractivity (Wildman–Crippen MR) is 61.7 cm³/mol. The van der Waals surface area contributed by atoms with Crippen LogP contribution in [0.2, 0.25) is 0 Å². The summed E-state index contributed by atoms with van der Waals surface area (Å²) < 4.78 is 5.80. The normalized spacial score (nSPS) is 10.7. The summed E-state index contributed by atoms with van der Waals surface area (Å²) in [6.45, 7) is 1.74. The van der Waals surface area contributed by atoms with Gasteiger partial charge in [-0.1, -0.05) is 5.16 Å². The number of rotatable bonds is 5. The van der Waals surface area contributed by atoms with Crippen LogP contribution in [0.5, 0.6) is 0 Å². The van der Waals surface area contributed by atoms with Gasteiger partial charge < -0.3 is 9.84 Å². The van der Waals surface area contributed by atoms with Crippen LogP contribution in [0, 0.1) is 0 Å². The van der Waals surface area contributed by atoms with Crippen molar-refractivity contribution in [1.29, 1.82) is 0 Å². The van der Waals surface area contributed by atoms with E-state index in [1.54, 1.807) is 11.3 Å². The van der Waals surface area contributed by atoms with E-state index in [0.29, 0.717) is 0 Å². The second-order valence-corrected chi connectivity index (χ2v) is 5.53. The molecule has 0 saturated carbocycles. The Morgan fingerprint density at radius 2 is 2.40 bits per heavy atom. The van der Waals surface area contributed by atoms with Crippen LogP contribution >= 0.6 is 27.3 Å². The van der Waals surface area contributed by atoms with E-state index in [1.165, 1.54) is 11.3 Å². The number of aromatic nitrogens is 2. The van der Waals surface area contributed by atoms with Crippen LogP contribution in [0.15, 0.2) is 26.8 Å². The van der Waals surface area contributed by atoms with Crippen molar-refractivity contribution < 1.29 is 4.52 Å². The minimum absolute atomic E-state index is 0.745. The van der Waals surface area contributed by atoms with E-state index in [-0.39, 0.29) is 0 Å². The van der Waals surface area contributed by atoms with Crippen LogP contribution in [0.1, 0.15) is 10.7 Å². The van der Waals surface area contributed by atoms with Gasteiger partial charge in [0.1, 0.15) is 0 Å². The minimum atomic E-state index is 0.745. The fraction of sp³-hybridized carbons (Fsp3) is 0.333. The summed E-state index contributed by atoms with van der Waals surface area (Å²) in [6.07, 6.45) is 2.15. The Morgan fingerprint density at radius 1 is 1.47 bits per heavy atom. The van der Waals surface area contributed by atoms with Gasteiger partial charge in [0.15, 0.2) is 5.82 Å². The van der Waals surface area contributed by atoms with Crippen LogP contribution in [-0.2, 0) is 13.0 Å². The van der Waals surface area contributed by atoms with E-state index >= 15 is 0 Å². The zero-order valence-corrected chi connectivity index (χ0v) is 10.3. The number of nitrogens with zero attached hydrogens (tertiary/aromatic N) is 2. The van der Waals surface area contributed by atoms with Gasteiger partial charge in [-0.2, -0.15) is 4.98 Å². The van der Waals surface area contributed by atoms with Gasteiger partial charge in [0.05, 0.1) is 3.79 Å². The maximum Gasteiger partial charge on any atom is 0.213 e. The molecule has 1 N–H and O–H groups in total. The first-order valence-electron chi connectivity index (χ1n) is 4.55. The lowest BCUT2D eigenvalue weighted by Crippen LogP contribution is -2.16. The third-order valence-electron chi connectivity index (χ3n) is 1.86. The Bertz CT molecular complexity index is 401. The first-order valence-corrected chi connectivity index (χ1v) is 6.16. The zero-order valence-electron chi connectivity index (χ0n) is 7.94. The molecular formula is C9H10BrN3OS. The van der Waals surface area contributed by atoms with E-state index < -0.39 is 0 Å². The van der Waals surface area contributed by atoms with Crippen LogP contribution < -0.4 is 5.32 Å². The number of halogens is 1. The molecule has 0 aromatic carbocycles. The van der Waals surface area contributed by atoms with Gasteiger partial charge in [0.2, 0.25) is 6.39 Å². The summed E-state index contributed by atoms with van der Waals surface area (Å²) in [5.41, 5.74) is 0. The quantitative estimate of drug-likeness (QED) is 0.857. The summed E-state index contributed by atoms with van der Waals surface area (Å²) in [5, 5.41) is 7.06. The Hall–Kier alpha value is -0.720. The van der Waals surface area contributed by atoms with E-state index in [2.05, 4.69) is 48.0 Å². The van der Waals surface area contributed by atoms with Crippen LogP contribution in [0.4, 0.5) is 0 Å². The Labute approximate surface area is 99.8 Å². The molecule has 4 nitrogen and oxygen atoms in total. The van der Waals surface area contributed by atoms with E-state index in [0.717, 1.165) is 29.1 Å². The van der Waals surface area contributed by atoms with E-state index in [9.17, 15) is 0 Å². The summed E-state index contributed by atoms with van der Waals surface area (Å²) in [7, 11) is 0. The molecule has 0 aliphatic heterocycles. The topological polar surface area (TPSA) is 51.0 Å². The number of thiophene rings is 1. The molecule has 0 spiro atoms. The molecule has 0 bridgehead atoms. The molecule has 2 aromatic heterocycles. The van der Waals surface area contributed by atoms with Crippen molar-refractivity contribution in [1.82, 2.24) is 15.5 Å². The van der Waals surface area contributed by atoms with Crippen molar-refractivity contribution in [3.05, 3.63) is 33.0 Å². The van der Waals surface area contributed by atoms with Gasteiger partial charge in [-0.3, -0.25) is 0 Å². The van der Waals surface area contributed by atoms with Crippen molar-refractivity contribution >= 4 is 27.3 Å². The lowest BCUT2D eigenvalue weighted by atomic mass is 10.4. The van der Waals surface area contributed by atoms with Gasteiger partial charge in [-0.25, -0.2) is 0 Å². The molecule has 0 atom stereocenters. The average molecular weight is 288 g/mol. The van der Waals surface area contributed by atoms with Gasteiger partial charge in [-0.15, -0.1) is 11.3 Å². The fourth-order valence-corrected chi connectivity index (χ4v) is 2.61. The lowest BCUT2D eigenvalue weighted by molar-refractivity contribution is 0.409. The molecule has 0 saturated heterocycles. The van der Waals surface area contributed by atoms with Crippen molar-refractivity contribution in [3.8, 4) is 0 Å². The third-order valence-corrected chi connectivity index (χ3v) is 3.48. The molecule has 0 aliphatic rings. The molecule has 0 aliphatic carbocycles. The van der Waals surface area contributed by atoms with E-state index in [1.807, 2.05) is 0 Å². The monoisotopic (exact) mass is 287 g/mol. The second kappa shape index (κ2) is 5.39. The molecule has 2 rings (SSSR count). The van der Waals surface area contributed by atoms with Crippen LogP contribution in [0.3, 0.4) is 0 Å². The van der Waals surface area contributed by atoms with Gasteiger partial charge in [-0.05, 0) is 28.1 Å². The van der Waals surface area contributed by atoms with Crippen molar-refractivity contribution in [2.45, 2.75) is 13.0 Å². The highest BCUT2D eigenvalue weighted by Crippen LogP contribution is 2.21. The summed E-state index contributed by atoms with van der Waals surface area (Å²) in [4.78, 5) is 5.26. The van der Waals surface area contributed by atoms with Crippen LogP contribution in [-0.4, -0.2) is 16.7 Å². The standard InChI is InChI=1S/C9H10BrN3OS/c10-8-2-1-7(15-8)5-11-4-3-9-12-6-14-13-9/h1-2,6,11H,3-5H2. The average Bonchev–Trinajstić information content (AvgIpc) is 2.84. The molecule has 2 aromatic rings. The van der Waals surface area contributed by atoms with Crippen molar-refractivity contribution in [3.63, 3.8) is 0 Å². The molecule has 2 heterocycles. The molecule has 0 unspecified atom stereocenters. The highest BCUT2D eigenvalue weighted by molar-refractivity contribution is 9.11. The highest BCUT2D eigenvalue weighted by atomic mass is 79.9. The molecule has 6 heteroatoms. The van der Waals surface area contributed by atoms with Crippen molar-refractivity contribution in [2.75, 3.05) is 6.54 Å². The molecule has 15 heavy (non-hydrogen) atoms. The molecule has 0 fully saturated rings. The smallest absolute Gasteiger partial charge is 0.213 e. The zero-order chi connectivity index (χ0) is 10.5. The Morgan fingerprint density at radius 3 is 3.07 bits per heavy atom. The number of nitrogens with one attached hydrogen (secondary N) is 1. The summed E-state index contributed by atoms with van der Waals surface area (Å²) in [6, 6.07) is 4.16. The molecular weight excluding hydrogens is 278 g/mol. The fourth-order valence-electron chi connectivity index (χ4n) is 1.16. The maximum absolute atomic E-state index is 4.64. The largest absolute Gasteiger partial charge is 0.343 e. The van der Waals surface area contributed by atoms with E-state index in [4.69, 9.17) is 0 Å². The maximum atomic E-state index is 4.64. The Balaban J connectivity index is 1.67. The summed E-state index contributed by atoms with van der Waals surface area (Å²) >= 11 is 5.17. The van der Waals surface area contributed by atoms with Crippen LogP contribution in [0.25, 0.3) is 0 Å². The third kappa shape index (κ3) is 3.40. The lowest BCUT2D eigenvalue weighted by Gasteiger charge is -1.99. The van der Waals surface area contributed by atoms with Gasteiger partial charge in [0.25, 0.3) is 0 Å². The minimum Gasteiger partial charge on any atom is -0.343 e. The van der Waals surface area contributed by atoms with Gasteiger partial charge in [0, 0.05) is 24.4 Å². The molecule has 0 amide bonds. The second-order valence-electron chi connectivity index (χ2n) is 2.98. The Kier molecular flexibility index (Phi) is 3.87. The first-order chi connectivity index (χ1) is 7.34. The molecule has 80 valence electrons. The van der Waals surface area contributed by atoms with Gasteiger partial charge >= 0.3 is 0 Å². The number of hydrogen-bond donors (Lipinski definition) is 1. The highest BCUT2D eigenvalue weighted by Gasteiger charge is 1.99. The first kappa shape index (κ1) is 10.8. The number of hydrogen-bond acceptors (Lipinski definition) is 5. The molecule has 0 radical (unpaired) electrons. The predicted octanol–water partition coefficient (Wildman–Crippen LogP) is 2.23. The summed E-state index contributed by atoms with van der Waals surface area (Å²) in [5.74, 6) is 0.745. The van der Waals surface area contributed by atoms with Crippen molar-refractivity contribution in [2.24, 2.45) is 0 Å².